The molecule has 0 bridgehead atoms. The molecule has 1 saturated carbocycles. The summed E-state index contributed by atoms with van der Waals surface area (Å²) in [6.45, 7) is 0.507. The molecule has 1 fully saturated rings. The van der Waals surface area contributed by atoms with Gasteiger partial charge in [0.15, 0.2) is 17.5 Å². The van der Waals surface area contributed by atoms with Gasteiger partial charge >= 0.3 is 6.03 Å². The number of urea groups is 1. The number of hydrogen-bond donors (Lipinski definition) is 3. The molecule has 0 spiro atoms. The Morgan fingerprint density at radius 3 is 2.90 bits per heavy atom. The molecular weight excluding hydrogens is 421 g/mol. The monoisotopic (exact) mass is 445 g/mol. The van der Waals surface area contributed by atoms with Gasteiger partial charge in [-0.2, -0.15) is 0 Å². The third-order valence-electron chi connectivity index (χ3n) is 5.64. The molecule has 0 aromatic carbocycles. The van der Waals surface area contributed by atoms with Crippen molar-refractivity contribution in [3.05, 3.63) is 35.5 Å². The van der Waals surface area contributed by atoms with Gasteiger partial charge in [-0.1, -0.05) is 24.4 Å². The highest BCUT2D eigenvalue weighted by Crippen LogP contribution is 2.29. The van der Waals surface area contributed by atoms with Gasteiger partial charge in [-0.05, 0) is 24.8 Å². The second-order valence-electron chi connectivity index (χ2n) is 8.02. The molecule has 0 aliphatic heterocycles. The second kappa shape index (κ2) is 9.05. The Kier molecular flexibility index (Phi) is 6.22. The summed E-state index contributed by atoms with van der Waals surface area (Å²) >= 11 is 6.07. The van der Waals surface area contributed by atoms with Crippen molar-refractivity contribution in [3.8, 4) is 11.4 Å². The van der Waals surface area contributed by atoms with Crippen LogP contribution in [0.25, 0.3) is 22.4 Å². The lowest BCUT2D eigenvalue weighted by Crippen LogP contribution is -2.48. The number of fused-ring (bicyclic) bond motifs is 1. The molecule has 3 aromatic rings. The number of hydrogen-bond acceptors (Lipinski definition) is 5. The molecule has 4 rings (SSSR count). The number of anilines is 1. The quantitative estimate of drug-likeness (QED) is 0.550. The molecule has 1 aliphatic rings. The van der Waals surface area contributed by atoms with Crippen molar-refractivity contribution in [1.29, 1.82) is 0 Å². The summed E-state index contributed by atoms with van der Waals surface area (Å²) < 4.78 is 14.5. The Hall–Kier alpha value is -2.94. The first kappa shape index (κ1) is 21.3. The van der Waals surface area contributed by atoms with Crippen LogP contribution in [0.5, 0.6) is 0 Å². The van der Waals surface area contributed by atoms with E-state index in [1.54, 1.807) is 32.6 Å². The zero-order valence-electron chi connectivity index (χ0n) is 17.5. The van der Waals surface area contributed by atoms with Gasteiger partial charge < -0.3 is 20.5 Å². The van der Waals surface area contributed by atoms with Crippen molar-refractivity contribution >= 4 is 34.5 Å². The van der Waals surface area contributed by atoms with Gasteiger partial charge in [0.1, 0.15) is 5.65 Å². The van der Waals surface area contributed by atoms with Crippen molar-refractivity contribution in [2.45, 2.75) is 31.7 Å². The van der Waals surface area contributed by atoms with E-state index in [-0.39, 0.29) is 23.8 Å². The van der Waals surface area contributed by atoms with Crippen LogP contribution in [0.15, 0.2) is 24.7 Å². The number of nitrogens with zero attached hydrogens (tertiary/aromatic N) is 4. The number of aromatic nitrogens is 4. The molecule has 10 heteroatoms. The van der Waals surface area contributed by atoms with E-state index in [0.717, 1.165) is 37.3 Å². The number of amides is 2. The van der Waals surface area contributed by atoms with E-state index in [0.29, 0.717) is 28.6 Å². The van der Waals surface area contributed by atoms with Crippen molar-refractivity contribution in [2.24, 2.45) is 5.92 Å². The highest BCUT2D eigenvalue weighted by Gasteiger charge is 2.27. The molecule has 2 amide bonds. The lowest BCUT2D eigenvalue weighted by molar-refractivity contribution is 0.198. The Labute approximate surface area is 184 Å². The fourth-order valence-electron chi connectivity index (χ4n) is 3.94. The number of H-pyrrole nitrogens is 1. The lowest BCUT2D eigenvalue weighted by Gasteiger charge is -2.33. The minimum Gasteiger partial charge on any atom is -0.367 e. The van der Waals surface area contributed by atoms with E-state index in [9.17, 15) is 9.18 Å². The maximum absolute atomic E-state index is 14.5. The molecular formula is C21H25ClFN7O. The maximum Gasteiger partial charge on any atom is 0.317 e. The summed E-state index contributed by atoms with van der Waals surface area (Å²) in [6, 6.07) is 1.71. The van der Waals surface area contributed by atoms with Gasteiger partial charge in [-0.15, -0.1) is 0 Å². The van der Waals surface area contributed by atoms with Crippen molar-refractivity contribution in [1.82, 2.24) is 30.2 Å². The van der Waals surface area contributed by atoms with Crippen LogP contribution >= 0.6 is 11.6 Å². The van der Waals surface area contributed by atoms with Crippen LogP contribution in [0.4, 0.5) is 15.0 Å². The number of nitrogens with one attached hydrogen (secondary N) is 3. The summed E-state index contributed by atoms with van der Waals surface area (Å²) in [7, 11) is 3.44. The number of carbonyl (C=O) groups excluding carboxylic acids is 1. The molecule has 3 N–H and O–H groups in total. The van der Waals surface area contributed by atoms with Gasteiger partial charge in [0.05, 0.1) is 11.2 Å². The van der Waals surface area contributed by atoms with Crippen LogP contribution in [0.1, 0.15) is 25.7 Å². The zero-order chi connectivity index (χ0) is 22.0. The Balaban J connectivity index is 1.52. The summed E-state index contributed by atoms with van der Waals surface area (Å²) in [4.78, 5) is 29.5. The van der Waals surface area contributed by atoms with Crippen LogP contribution in [-0.2, 0) is 0 Å². The Morgan fingerprint density at radius 1 is 1.29 bits per heavy atom. The van der Waals surface area contributed by atoms with Gasteiger partial charge in [0.25, 0.3) is 0 Å². The smallest absolute Gasteiger partial charge is 0.317 e. The molecule has 0 radical (unpaired) electrons. The summed E-state index contributed by atoms with van der Waals surface area (Å²) in [5.74, 6) is 0.175. The van der Waals surface area contributed by atoms with Gasteiger partial charge in [-0.3, -0.25) is 0 Å². The minimum absolute atomic E-state index is 0.0438. The third kappa shape index (κ3) is 4.71. The van der Waals surface area contributed by atoms with Gasteiger partial charge in [-0.25, -0.2) is 24.1 Å². The topological polar surface area (TPSA) is 98.8 Å². The molecule has 3 aromatic heterocycles. The minimum atomic E-state index is -0.524. The maximum atomic E-state index is 14.5. The number of halogens is 2. The standard InChI is InChI=1S/C21H25ClFN7O/c1-30(2)21(31)28-17-6-4-3-5-12(17)8-24-20-16(23)11-27-19(29-20)15-10-26-18-14(15)7-13(22)9-25-18/h7,9-12,17H,3-6,8H2,1-2H3,(H,25,26)(H,28,31)(H,24,27,29)/t12-,17?/m0/s1. The molecule has 1 unspecified atom stereocenters. The fraction of sp³-hybridized carbons (Fsp3) is 0.429. The van der Waals surface area contributed by atoms with Crippen molar-refractivity contribution < 1.29 is 9.18 Å². The number of aromatic amines is 1. The normalized spacial score (nSPS) is 18.7. The van der Waals surface area contributed by atoms with Crippen LogP contribution in [0.3, 0.4) is 0 Å². The largest absolute Gasteiger partial charge is 0.367 e. The van der Waals surface area contributed by atoms with Gasteiger partial charge in [0.2, 0.25) is 0 Å². The fourth-order valence-corrected chi connectivity index (χ4v) is 4.10. The first-order chi connectivity index (χ1) is 14.9. The second-order valence-corrected chi connectivity index (χ2v) is 8.45. The predicted molar refractivity (Wildman–Crippen MR) is 119 cm³/mol. The molecule has 164 valence electrons. The Bertz CT molecular complexity index is 1090. The van der Waals surface area contributed by atoms with Crippen molar-refractivity contribution in [3.63, 3.8) is 0 Å². The first-order valence-corrected chi connectivity index (χ1v) is 10.7. The first-order valence-electron chi connectivity index (χ1n) is 10.3. The summed E-state index contributed by atoms with van der Waals surface area (Å²) in [6.07, 6.45) is 8.47. The zero-order valence-corrected chi connectivity index (χ0v) is 18.2. The molecule has 8 nitrogen and oxygen atoms in total. The number of carbonyl (C=O) groups is 1. The SMILES string of the molecule is CN(C)C(=O)NC1CCCC[C@H]1CNc1nc(-c2c[nH]c3ncc(Cl)cc23)ncc1F. The molecule has 1 aliphatic carbocycles. The van der Waals surface area contributed by atoms with Crippen molar-refractivity contribution in [2.75, 3.05) is 26.0 Å². The summed E-state index contributed by atoms with van der Waals surface area (Å²) in [5, 5.41) is 7.47. The number of pyridine rings is 1. The van der Waals surface area contributed by atoms with E-state index < -0.39 is 5.82 Å². The van der Waals surface area contributed by atoms with Crippen LogP contribution < -0.4 is 10.6 Å². The third-order valence-corrected chi connectivity index (χ3v) is 5.85. The van der Waals surface area contributed by atoms with E-state index >= 15 is 0 Å². The van der Waals surface area contributed by atoms with Crippen LogP contribution in [-0.4, -0.2) is 57.5 Å². The van der Waals surface area contributed by atoms with Crippen LogP contribution in [0.2, 0.25) is 5.02 Å². The van der Waals surface area contributed by atoms with Crippen LogP contribution in [0, 0.1) is 11.7 Å². The lowest BCUT2D eigenvalue weighted by atomic mass is 9.84. The average molecular weight is 446 g/mol. The molecule has 3 heterocycles. The highest BCUT2D eigenvalue weighted by molar-refractivity contribution is 6.31. The highest BCUT2D eigenvalue weighted by atomic mass is 35.5. The number of rotatable bonds is 5. The molecule has 0 saturated heterocycles. The molecule has 31 heavy (non-hydrogen) atoms. The summed E-state index contributed by atoms with van der Waals surface area (Å²) in [5.41, 5.74) is 1.35. The predicted octanol–water partition coefficient (Wildman–Crippen LogP) is 4.05. The van der Waals surface area contributed by atoms with E-state index in [2.05, 4.69) is 30.6 Å². The van der Waals surface area contributed by atoms with E-state index in [1.807, 2.05) is 0 Å². The molecule has 2 atom stereocenters. The van der Waals surface area contributed by atoms with Gasteiger partial charge in [0, 0.05) is 50.0 Å². The average Bonchev–Trinajstić information content (AvgIpc) is 3.17. The Morgan fingerprint density at radius 2 is 2.10 bits per heavy atom. The van der Waals surface area contributed by atoms with E-state index in [1.165, 1.54) is 4.90 Å². The van der Waals surface area contributed by atoms with E-state index in [4.69, 9.17) is 11.6 Å².